The van der Waals surface area contributed by atoms with Crippen LogP contribution in [-0.4, -0.2) is 0 Å². The second kappa shape index (κ2) is 3.59. The van der Waals surface area contributed by atoms with Crippen LogP contribution in [0.4, 0.5) is 0 Å². The van der Waals surface area contributed by atoms with Gasteiger partial charge in [-0.2, -0.15) is 0 Å². The van der Waals surface area contributed by atoms with E-state index in [4.69, 9.17) is 5.73 Å². The van der Waals surface area contributed by atoms with E-state index in [2.05, 4.69) is 25.1 Å². The number of benzene rings is 1. The molecule has 0 aliphatic heterocycles. The molecule has 0 bridgehead atoms. The maximum absolute atomic E-state index is 6.25. The minimum absolute atomic E-state index is 0.279. The Bertz CT molecular complexity index is 402. The normalized spacial score (nSPS) is 27.0. The SMILES string of the molecule is Cc1ccc2c(c1)C1(CCCC1)CCC2N. The summed E-state index contributed by atoms with van der Waals surface area (Å²) in [6.45, 7) is 2.20. The van der Waals surface area contributed by atoms with Crippen LogP contribution in [0, 0.1) is 6.92 Å². The van der Waals surface area contributed by atoms with Crippen molar-refractivity contribution in [1.29, 1.82) is 0 Å². The quantitative estimate of drug-likeness (QED) is 0.703. The van der Waals surface area contributed by atoms with E-state index in [0.717, 1.165) is 0 Å². The highest BCUT2D eigenvalue weighted by molar-refractivity contribution is 5.42. The molecule has 1 fully saturated rings. The maximum Gasteiger partial charge on any atom is 0.0298 e. The zero-order valence-corrected chi connectivity index (χ0v) is 10.1. The summed E-state index contributed by atoms with van der Waals surface area (Å²) in [6.07, 6.45) is 8.07. The molecular formula is C15H21N. The fraction of sp³-hybridized carbons (Fsp3) is 0.600. The Morgan fingerprint density at radius 3 is 2.69 bits per heavy atom. The zero-order valence-electron chi connectivity index (χ0n) is 10.1. The van der Waals surface area contributed by atoms with Crippen molar-refractivity contribution in [2.45, 2.75) is 56.9 Å². The van der Waals surface area contributed by atoms with Gasteiger partial charge in [-0.1, -0.05) is 36.6 Å². The van der Waals surface area contributed by atoms with Gasteiger partial charge < -0.3 is 5.73 Å². The molecular weight excluding hydrogens is 194 g/mol. The van der Waals surface area contributed by atoms with Crippen molar-refractivity contribution >= 4 is 0 Å². The van der Waals surface area contributed by atoms with E-state index >= 15 is 0 Å². The van der Waals surface area contributed by atoms with Crippen LogP contribution >= 0.6 is 0 Å². The Morgan fingerprint density at radius 1 is 1.19 bits per heavy atom. The monoisotopic (exact) mass is 215 g/mol. The lowest BCUT2D eigenvalue weighted by atomic mass is 9.67. The first-order chi connectivity index (χ1) is 7.71. The molecule has 1 nitrogen and oxygen atoms in total. The van der Waals surface area contributed by atoms with Gasteiger partial charge in [-0.05, 0) is 49.1 Å². The zero-order chi connectivity index (χ0) is 11.2. The van der Waals surface area contributed by atoms with E-state index < -0.39 is 0 Å². The average molecular weight is 215 g/mol. The van der Waals surface area contributed by atoms with Crippen molar-refractivity contribution in [2.75, 3.05) is 0 Å². The third-order valence-electron chi connectivity index (χ3n) is 4.67. The molecule has 0 heterocycles. The number of fused-ring (bicyclic) bond motifs is 2. The Labute approximate surface area is 98.0 Å². The molecule has 1 aromatic carbocycles. The molecule has 16 heavy (non-hydrogen) atoms. The van der Waals surface area contributed by atoms with Crippen LogP contribution in [0.25, 0.3) is 0 Å². The summed E-state index contributed by atoms with van der Waals surface area (Å²) < 4.78 is 0. The van der Waals surface area contributed by atoms with Crippen LogP contribution in [0.3, 0.4) is 0 Å². The molecule has 2 N–H and O–H groups in total. The molecule has 86 valence electrons. The molecule has 1 aromatic rings. The fourth-order valence-electron chi connectivity index (χ4n) is 3.75. The first-order valence-electron chi connectivity index (χ1n) is 6.58. The van der Waals surface area contributed by atoms with Crippen LogP contribution in [0.5, 0.6) is 0 Å². The topological polar surface area (TPSA) is 26.0 Å². The van der Waals surface area contributed by atoms with Gasteiger partial charge in [-0.25, -0.2) is 0 Å². The molecule has 3 rings (SSSR count). The summed E-state index contributed by atoms with van der Waals surface area (Å²) in [5.41, 5.74) is 11.1. The summed E-state index contributed by atoms with van der Waals surface area (Å²) in [6, 6.07) is 7.17. The lowest BCUT2D eigenvalue weighted by Gasteiger charge is -2.38. The Hall–Kier alpha value is -0.820. The number of aryl methyl sites for hydroxylation is 1. The lowest BCUT2D eigenvalue weighted by molar-refractivity contribution is 0.344. The van der Waals surface area contributed by atoms with Crippen molar-refractivity contribution < 1.29 is 0 Å². The summed E-state index contributed by atoms with van der Waals surface area (Å²) >= 11 is 0. The fourth-order valence-corrected chi connectivity index (χ4v) is 3.75. The van der Waals surface area contributed by atoms with Gasteiger partial charge in [0.2, 0.25) is 0 Å². The second-order valence-corrected chi connectivity index (χ2v) is 5.72. The van der Waals surface area contributed by atoms with Gasteiger partial charge in [-0.3, -0.25) is 0 Å². The van der Waals surface area contributed by atoms with Crippen LogP contribution < -0.4 is 5.73 Å². The van der Waals surface area contributed by atoms with Crippen molar-refractivity contribution in [3.63, 3.8) is 0 Å². The molecule has 1 spiro atoms. The van der Waals surface area contributed by atoms with E-state index in [-0.39, 0.29) is 6.04 Å². The summed E-state index contributed by atoms with van der Waals surface area (Å²) in [5, 5.41) is 0. The van der Waals surface area contributed by atoms with Crippen LogP contribution in [0.15, 0.2) is 18.2 Å². The Morgan fingerprint density at radius 2 is 1.94 bits per heavy atom. The summed E-state index contributed by atoms with van der Waals surface area (Å²) in [4.78, 5) is 0. The predicted octanol–water partition coefficient (Wildman–Crippen LogP) is 3.60. The number of nitrogens with two attached hydrogens (primary N) is 1. The predicted molar refractivity (Wildman–Crippen MR) is 67.5 cm³/mol. The van der Waals surface area contributed by atoms with E-state index in [1.165, 1.54) is 49.7 Å². The summed E-state index contributed by atoms with van der Waals surface area (Å²) in [7, 11) is 0. The van der Waals surface area contributed by atoms with Crippen molar-refractivity contribution in [3.8, 4) is 0 Å². The highest BCUT2D eigenvalue weighted by atomic mass is 14.7. The standard InChI is InChI=1S/C15H21N/c1-11-4-5-12-13(10-11)15(7-2-3-8-15)9-6-14(12)16/h4-5,10,14H,2-3,6-9,16H2,1H3. The molecule has 0 aromatic heterocycles. The number of hydrogen-bond acceptors (Lipinski definition) is 1. The van der Waals surface area contributed by atoms with E-state index in [1.807, 2.05) is 0 Å². The van der Waals surface area contributed by atoms with Crippen molar-refractivity contribution in [1.82, 2.24) is 0 Å². The molecule has 0 saturated heterocycles. The lowest BCUT2D eigenvalue weighted by Crippen LogP contribution is -2.32. The molecule has 2 aliphatic carbocycles. The molecule has 1 saturated carbocycles. The average Bonchev–Trinajstić information content (AvgIpc) is 2.74. The van der Waals surface area contributed by atoms with Gasteiger partial charge in [0.25, 0.3) is 0 Å². The number of hydrogen-bond donors (Lipinski definition) is 1. The minimum atomic E-state index is 0.279. The Balaban J connectivity index is 2.14. The first-order valence-corrected chi connectivity index (χ1v) is 6.58. The van der Waals surface area contributed by atoms with Gasteiger partial charge in [0.15, 0.2) is 0 Å². The van der Waals surface area contributed by atoms with Crippen LogP contribution in [0.2, 0.25) is 0 Å². The van der Waals surface area contributed by atoms with E-state index in [1.54, 1.807) is 5.56 Å². The largest absolute Gasteiger partial charge is 0.324 e. The van der Waals surface area contributed by atoms with Crippen molar-refractivity contribution in [3.05, 3.63) is 34.9 Å². The molecule has 2 aliphatic rings. The minimum Gasteiger partial charge on any atom is -0.324 e. The third kappa shape index (κ3) is 1.41. The molecule has 1 atom stereocenters. The first kappa shape index (κ1) is 10.3. The van der Waals surface area contributed by atoms with E-state index in [0.29, 0.717) is 5.41 Å². The number of rotatable bonds is 0. The van der Waals surface area contributed by atoms with Crippen molar-refractivity contribution in [2.24, 2.45) is 5.73 Å². The van der Waals surface area contributed by atoms with Gasteiger partial charge in [-0.15, -0.1) is 0 Å². The van der Waals surface area contributed by atoms with Gasteiger partial charge >= 0.3 is 0 Å². The van der Waals surface area contributed by atoms with Gasteiger partial charge in [0.1, 0.15) is 0 Å². The van der Waals surface area contributed by atoms with Crippen LogP contribution in [0.1, 0.15) is 61.3 Å². The molecule has 0 radical (unpaired) electrons. The molecule has 0 amide bonds. The third-order valence-corrected chi connectivity index (χ3v) is 4.67. The Kier molecular flexibility index (Phi) is 2.32. The smallest absolute Gasteiger partial charge is 0.0298 e. The van der Waals surface area contributed by atoms with Gasteiger partial charge in [0, 0.05) is 6.04 Å². The molecule has 1 heteroatoms. The molecule has 1 unspecified atom stereocenters. The van der Waals surface area contributed by atoms with Gasteiger partial charge in [0.05, 0.1) is 0 Å². The summed E-state index contributed by atoms with van der Waals surface area (Å²) in [5.74, 6) is 0. The van der Waals surface area contributed by atoms with Crippen LogP contribution in [-0.2, 0) is 5.41 Å². The maximum atomic E-state index is 6.25. The second-order valence-electron chi connectivity index (χ2n) is 5.72. The van der Waals surface area contributed by atoms with E-state index in [9.17, 15) is 0 Å². The highest BCUT2D eigenvalue weighted by Gasteiger charge is 2.40. The highest BCUT2D eigenvalue weighted by Crippen LogP contribution is 2.50.